The Morgan fingerprint density at radius 2 is 1.78 bits per heavy atom. The molecule has 0 aromatic rings. The Morgan fingerprint density at radius 1 is 1.33 bits per heavy atom. The monoisotopic (exact) mass is 159 g/mol. The fourth-order valence-electron chi connectivity index (χ4n) is 0.369. The highest BCUT2D eigenvalue weighted by Gasteiger charge is 2.34. The molecule has 0 spiro atoms. The number of rotatable bonds is 2. The highest BCUT2D eigenvalue weighted by Crippen LogP contribution is 2.37. The van der Waals surface area contributed by atoms with E-state index in [0.717, 1.165) is 0 Å². The van der Waals surface area contributed by atoms with E-state index in [9.17, 15) is 13.2 Å². The van der Waals surface area contributed by atoms with Gasteiger partial charge in [0.2, 0.25) is 0 Å². The van der Waals surface area contributed by atoms with Crippen LogP contribution >= 0.6 is 8.58 Å². The SMILES string of the molecule is CC(C)C[PH2+]C(F)(F)F. The van der Waals surface area contributed by atoms with Crippen molar-refractivity contribution in [1.82, 2.24) is 0 Å². The third-order valence-corrected chi connectivity index (χ3v) is 2.46. The molecular weight excluding hydrogens is 148 g/mol. The molecular formula is C5H11F3P+. The van der Waals surface area contributed by atoms with Crippen LogP contribution in [0, 0.1) is 5.92 Å². The van der Waals surface area contributed by atoms with Crippen molar-refractivity contribution in [3.05, 3.63) is 0 Å². The lowest BCUT2D eigenvalue weighted by Crippen LogP contribution is -2.01. The molecule has 0 amide bonds. The topological polar surface area (TPSA) is 0 Å². The maximum Gasteiger partial charge on any atom is 0.503 e. The van der Waals surface area contributed by atoms with E-state index < -0.39 is 14.5 Å². The van der Waals surface area contributed by atoms with Crippen LogP contribution in [0.2, 0.25) is 0 Å². The summed E-state index contributed by atoms with van der Waals surface area (Å²) in [4.78, 5) is 0. The molecule has 0 N–H and O–H groups in total. The summed E-state index contributed by atoms with van der Waals surface area (Å²) in [5.74, 6) is -3.70. The Kier molecular flexibility index (Phi) is 3.49. The van der Waals surface area contributed by atoms with Gasteiger partial charge in [0.15, 0.2) is 0 Å². The van der Waals surface area contributed by atoms with Crippen LogP contribution < -0.4 is 0 Å². The van der Waals surface area contributed by atoms with E-state index in [1.54, 1.807) is 13.8 Å². The van der Waals surface area contributed by atoms with Crippen molar-refractivity contribution < 1.29 is 13.2 Å². The molecule has 1 atom stereocenters. The van der Waals surface area contributed by atoms with Gasteiger partial charge >= 0.3 is 5.92 Å². The van der Waals surface area contributed by atoms with Crippen LogP contribution in [0.5, 0.6) is 0 Å². The molecule has 0 radical (unpaired) electrons. The average molecular weight is 159 g/mol. The Balaban J connectivity index is 3.28. The fraction of sp³-hybridized carbons (Fsp3) is 1.00. The molecule has 0 aliphatic heterocycles. The van der Waals surface area contributed by atoms with Crippen LogP contribution in [-0.2, 0) is 0 Å². The molecule has 0 saturated heterocycles. The average Bonchev–Trinajstić information content (AvgIpc) is 1.59. The maximum absolute atomic E-state index is 11.5. The van der Waals surface area contributed by atoms with Crippen molar-refractivity contribution in [2.75, 3.05) is 6.16 Å². The fourth-order valence-corrected chi connectivity index (χ4v) is 1.11. The molecule has 0 bridgehead atoms. The van der Waals surface area contributed by atoms with E-state index in [1.807, 2.05) is 0 Å². The van der Waals surface area contributed by atoms with Crippen molar-refractivity contribution in [2.24, 2.45) is 5.92 Å². The molecule has 0 heterocycles. The number of hydrogen-bond donors (Lipinski definition) is 0. The first-order valence-electron chi connectivity index (χ1n) is 2.83. The quantitative estimate of drug-likeness (QED) is 0.543. The number of hydrogen-bond acceptors (Lipinski definition) is 0. The van der Waals surface area contributed by atoms with E-state index in [4.69, 9.17) is 0 Å². The van der Waals surface area contributed by atoms with Crippen molar-refractivity contribution >= 4 is 8.58 Å². The van der Waals surface area contributed by atoms with Crippen molar-refractivity contribution in [2.45, 2.75) is 19.8 Å². The normalized spacial score (nSPS) is 14.0. The molecule has 1 unspecified atom stereocenters. The van der Waals surface area contributed by atoms with Crippen LogP contribution in [0.4, 0.5) is 13.2 Å². The summed E-state index contributed by atoms with van der Waals surface area (Å²) >= 11 is 0. The summed E-state index contributed by atoms with van der Waals surface area (Å²) in [5.41, 5.74) is 0. The smallest absolute Gasteiger partial charge is 0.135 e. The molecule has 0 aliphatic rings. The Labute approximate surface area is 54.6 Å². The highest BCUT2D eigenvalue weighted by atomic mass is 31.1. The Bertz CT molecular complexity index is 76.8. The molecule has 56 valence electrons. The molecule has 0 fully saturated rings. The van der Waals surface area contributed by atoms with E-state index in [0.29, 0.717) is 6.16 Å². The molecule has 0 saturated carbocycles. The van der Waals surface area contributed by atoms with Crippen LogP contribution in [0.3, 0.4) is 0 Å². The second-order valence-corrected chi connectivity index (χ2v) is 3.91. The van der Waals surface area contributed by atoms with Crippen LogP contribution in [0.15, 0.2) is 0 Å². The van der Waals surface area contributed by atoms with E-state index >= 15 is 0 Å². The Morgan fingerprint density at radius 3 is 1.89 bits per heavy atom. The Hall–Kier alpha value is 0.220. The van der Waals surface area contributed by atoms with Gasteiger partial charge in [-0.1, -0.05) is 13.8 Å². The first kappa shape index (κ1) is 9.22. The van der Waals surface area contributed by atoms with Gasteiger partial charge in [-0.2, -0.15) is 0 Å². The molecule has 0 aromatic carbocycles. The lowest BCUT2D eigenvalue weighted by molar-refractivity contribution is -0.0372. The molecule has 0 aliphatic carbocycles. The zero-order chi connectivity index (χ0) is 7.49. The molecule has 0 aromatic heterocycles. The summed E-state index contributed by atoms with van der Waals surface area (Å²) in [6, 6.07) is 0. The van der Waals surface area contributed by atoms with Gasteiger partial charge in [-0.3, -0.25) is 0 Å². The van der Waals surface area contributed by atoms with Crippen LogP contribution in [-0.4, -0.2) is 12.1 Å². The van der Waals surface area contributed by atoms with E-state index in [1.165, 1.54) is 0 Å². The van der Waals surface area contributed by atoms with Gasteiger partial charge in [-0.15, -0.1) is 13.2 Å². The summed E-state index contributed by atoms with van der Waals surface area (Å²) in [7, 11) is -1.34. The minimum atomic E-state index is -3.88. The lowest BCUT2D eigenvalue weighted by Gasteiger charge is -2.00. The molecule has 4 heteroatoms. The van der Waals surface area contributed by atoms with Gasteiger partial charge in [0.25, 0.3) is 0 Å². The van der Waals surface area contributed by atoms with Gasteiger partial charge in [-0.05, 0) is 5.92 Å². The number of alkyl halides is 3. The van der Waals surface area contributed by atoms with Gasteiger partial charge in [0.05, 0.1) is 6.16 Å². The van der Waals surface area contributed by atoms with Crippen molar-refractivity contribution in [1.29, 1.82) is 0 Å². The number of halogens is 3. The van der Waals surface area contributed by atoms with Crippen molar-refractivity contribution in [3.8, 4) is 0 Å². The largest absolute Gasteiger partial charge is 0.503 e. The van der Waals surface area contributed by atoms with Crippen LogP contribution in [0.25, 0.3) is 0 Å². The third kappa shape index (κ3) is 8.22. The van der Waals surface area contributed by atoms with Crippen LogP contribution in [0.1, 0.15) is 13.8 Å². The second kappa shape index (κ2) is 3.40. The predicted molar refractivity (Wildman–Crippen MR) is 35.5 cm³/mol. The molecule has 0 nitrogen and oxygen atoms in total. The van der Waals surface area contributed by atoms with E-state index in [2.05, 4.69) is 0 Å². The first-order valence-corrected chi connectivity index (χ1v) is 4.22. The van der Waals surface area contributed by atoms with Gasteiger partial charge in [0, 0.05) is 0 Å². The van der Waals surface area contributed by atoms with Gasteiger partial charge < -0.3 is 0 Å². The minimum absolute atomic E-state index is 0.182. The summed E-state index contributed by atoms with van der Waals surface area (Å²) in [6.45, 7) is 3.61. The summed E-state index contributed by atoms with van der Waals surface area (Å²) < 4.78 is 34.4. The third-order valence-electron chi connectivity index (χ3n) is 0.821. The summed E-state index contributed by atoms with van der Waals surface area (Å²) in [6.07, 6.45) is 0.323. The highest BCUT2D eigenvalue weighted by molar-refractivity contribution is 7.39. The second-order valence-electron chi connectivity index (χ2n) is 2.38. The molecule has 0 rings (SSSR count). The maximum atomic E-state index is 11.5. The lowest BCUT2D eigenvalue weighted by atomic mass is 10.3. The van der Waals surface area contributed by atoms with E-state index in [-0.39, 0.29) is 5.92 Å². The van der Waals surface area contributed by atoms with Gasteiger partial charge in [-0.25, -0.2) is 0 Å². The zero-order valence-corrected chi connectivity index (χ0v) is 6.65. The summed E-state index contributed by atoms with van der Waals surface area (Å²) in [5, 5.41) is 0. The predicted octanol–water partition coefficient (Wildman–Crippen LogP) is 2.57. The van der Waals surface area contributed by atoms with Crippen molar-refractivity contribution in [3.63, 3.8) is 0 Å². The minimum Gasteiger partial charge on any atom is -0.135 e. The first-order chi connectivity index (χ1) is 3.92. The molecule has 9 heavy (non-hydrogen) atoms. The van der Waals surface area contributed by atoms with Gasteiger partial charge in [0.1, 0.15) is 8.58 Å². The standard InChI is InChI=1S/C5H10F3P/c1-4(2)3-9-5(6,7)8/h4,9H,3H2,1-2H3/p+1. The zero-order valence-electron chi connectivity index (χ0n) is 5.50.